The lowest BCUT2D eigenvalue weighted by molar-refractivity contribution is 0.0923. The highest BCUT2D eigenvalue weighted by molar-refractivity contribution is 9.10. The minimum atomic E-state index is -0.509. The number of hydrogen-bond donors (Lipinski definition) is 1. The molecule has 3 rings (SSSR count). The summed E-state index contributed by atoms with van der Waals surface area (Å²) < 4.78 is 16.4. The average Bonchev–Trinajstić information content (AvgIpc) is 2.89. The average molecular weight is 338 g/mol. The number of imidazole rings is 1. The Balaban J connectivity index is 1.72. The molecule has 2 aromatic rings. The molecule has 6 heteroatoms. The number of hydrogen-bond acceptors (Lipinski definition) is 2. The Morgan fingerprint density at radius 3 is 3.20 bits per heavy atom. The third-order valence-corrected chi connectivity index (χ3v) is 3.94. The van der Waals surface area contributed by atoms with Crippen LogP contribution in [-0.4, -0.2) is 21.5 Å². The number of fused-ring (bicyclic) bond motifs is 1. The van der Waals surface area contributed by atoms with Gasteiger partial charge in [-0.3, -0.25) is 4.79 Å². The summed E-state index contributed by atoms with van der Waals surface area (Å²) in [7, 11) is 0. The molecule has 104 valence electrons. The first-order valence-corrected chi connectivity index (χ1v) is 7.19. The normalized spacial score (nSPS) is 17.6. The lowest BCUT2D eigenvalue weighted by Crippen LogP contribution is -2.41. The summed E-state index contributed by atoms with van der Waals surface area (Å²) in [6.45, 7) is 0.677. The molecule has 1 amide bonds. The van der Waals surface area contributed by atoms with Gasteiger partial charge in [-0.25, -0.2) is 9.37 Å². The smallest absolute Gasteiger partial charge is 0.254 e. The van der Waals surface area contributed by atoms with Gasteiger partial charge in [0.1, 0.15) is 11.6 Å². The highest BCUT2D eigenvalue weighted by Gasteiger charge is 2.22. The first-order valence-electron chi connectivity index (χ1n) is 6.39. The molecular formula is C14H13BrFN3O. The number of nitrogens with one attached hydrogen (secondary N) is 1. The van der Waals surface area contributed by atoms with Crippen molar-refractivity contribution in [2.45, 2.75) is 25.4 Å². The molecule has 0 bridgehead atoms. The SMILES string of the molecule is O=C(NC1CCc2nccn2C1)c1cc(Br)ccc1F. The second-order valence-corrected chi connectivity index (χ2v) is 5.74. The summed E-state index contributed by atoms with van der Waals surface area (Å²) in [5, 5.41) is 2.89. The summed E-state index contributed by atoms with van der Waals surface area (Å²) in [5.41, 5.74) is 0.0656. The van der Waals surface area contributed by atoms with E-state index in [1.54, 1.807) is 12.3 Å². The van der Waals surface area contributed by atoms with E-state index >= 15 is 0 Å². The molecule has 20 heavy (non-hydrogen) atoms. The van der Waals surface area contributed by atoms with E-state index in [1.807, 2.05) is 10.8 Å². The number of benzene rings is 1. The minimum Gasteiger partial charge on any atom is -0.347 e. The molecule has 1 aliphatic heterocycles. The molecule has 1 aromatic carbocycles. The van der Waals surface area contributed by atoms with Gasteiger partial charge in [-0.05, 0) is 24.6 Å². The fraction of sp³-hybridized carbons (Fsp3) is 0.286. The quantitative estimate of drug-likeness (QED) is 0.915. The molecule has 0 fully saturated rings. The predicted octanol–water partition coefficient (Wildman–Crippen LogP) is 2.53. The van der Waals surface area contributed by atoms with Crippen LogP contribution in [0.5, 0.6) is 0 Å². The summed E-state index contributed by atoms with van der Waals surface area (Å²) in [5.74, 6) is 0.145. The number of aromatic nitrogens is 2. The van der Waals surface area contributed by atoms with Gasteiger partial charge >= 0.3 is 0 Å². The predicted molar refractivity (Wildman–Crippen MR) is 75.9 cm³/mol. The van der Waals surface area contributed by atoms with Gasteiger partial charge in [-0.2, -0.15) is 0 Å². The molecule has 1 aromatic heterocycles. The highest BCUT2D eigenvalue weighted by atomic mass is 79.9. The van der Waals surface area contributed by atoms with Gasteiger partial charge in [0, 0.05) is 35.9 Å². The van der Waals surface area contributed by atoms with Gasteiger partial charge in [0.2, 0.25) is 0 Å². The minimum absolute atomic E-state index is 0.00239. The number of rotatable bonds is 2. The molecule has 4 nitrogen and oxygen atoms in total. The largest absolute Gasteiger partial charge is 0.347 e. The van der Waals surface area contributed by atoms with Gasteiger partial charge in [0.05, 0.1) is 5.56 Å². The Morgan fingerprint density at radius 1 is 1.50 bits per heavy atom. The van der Waals surface area contributed by atoms with Crippen molar-refractivity contribution in [3.8, 4) is 0 Å². The molecule has 1 atom stereocenters. The Kier molecular flexibility index (Phi) is 3.56. The van der Waals surface area contributed by atoms with Crippen molar-refractivity contribution in [3.05, 3.63) is 52.3 Å². The number of aryl methyl sites for hydroxylation is 1. The van der Waals surface area contributed by atoms with Crippen LogP contribution in [0.3, 0.4) is 0 Å². The molecule has 0 radical (unpaired) electrons. The number of halogens is 2. The van der Waals surface area contributed by atoms with Crippen LogP contribution < -0.4 is 5.32 Å². The van der Waals surface area contributed by atoms with Crippen molar-refractivity contribution in [1.29, 1.82) is 0 Å². The van der Waals surface area contributed by atoms with E-state index in [-0.39, 0.29) is 17.5 Å². The van der Waals surface area contributed by atoms with E-state index in [2.05, 4.69) is 26.2 Å². The lowest BCUT2D eigenvalue weighted by atomic mass is 10.1. The molecular weight excluding hydrogens is 325 g/mol. The van der Waals surface area contributed by atoms with E-state index in [0.717, 1.165) is 18.7 Å². The van der Waals surface area contributed by atoms with Crippen LogP contribution in [0.1, 0.15) is 22.6 Å². The maximum atomic E-state index is 13.7. The zero-order valence-electron chi connectivity index (χ0n) is 10.6. The summed E-state index contributed by atoms with van der Waals surface area (Å²) in [6, 6.07) is 4.36. The zero-order chi connectivity index (χ0) is 14.1. The lowest BCUT2D eigenvalue weighted by Gasteiger charge is -2.24. The third kappa shape index (κ3) is 2.60. The molecule has 1 aliphatic rings. The third-order valence-electron chi connectivity index (χ3n) is 3.44. The second kappa shape index (κ2) is 5.36. The van der Waals surface area contributed by atoms with Crippen LogP contribution in [0.15, 0.2) is 35.1 Å². The van der Waals surface area contributed by atoms with Crippen LogP contribution in [0.2, 0.25) is 0 Å². The van der Waals surface area contributed by atoms with Gasteiger partial charge in [0.25, 0.3) is 5.91 Å². The number of carbonyl (C=O) groups is 1. The van der Waals surface area contributed by atoms with Crippen molar-refractivity contribution in [2.75, 3.05) is 0 Å². The first kappa shape index (κ1) is 13.3. The topological polar surface area (TPSA) is 46.9 Å². The highest BCUT2D eigenvalue weighted by Crippen LogP contribution is 2.17. The molecule has 0 saturated carbocycles. The summed E-state index contributed by atoms with van der Waals surface area (Å²) >= 11 is 3.25. The molecule has 1 N–H and O–H groups in total. The number of amides is 1. The Labute approximate surface area is 124 Å². The van der Waals surface area contributed by atoms with E-state index in [4.69, 9.17) is 0 Å². The second-order valence-electron chi connectivity index (χ2n) is 4.83. The monoisotopic (exact) mass is 337 g/mol. The zero-order valence-corrected chi connectivity index (χ0v) is 12.2. The fourth-order valence-corrected chi connectivity index (χ4v) is 2.78. The van der Waals surface area contributed by atoms with E-state index < -0.39 is 5.82 Å². The van der Waals surface area contributed by atoms with Crippen LogP contribution >= 0.6 is 15.9 Å². The van der Waals surface area contributed by atoms with Crippen LogP contribution in [0.25, 0.3) is 0 Å². The first-order chi connectivity index (χ1) is 9.63. The summed E-state index contributed by atoms with van der Waals surface area (Å²) in [4.78, 5) is 16.4. The molecule has 0 spiro atoms. The van der Waals surface area contributed by atoms with Crippen molar-refractivity contribution >= 4 is 21.8 Å². The summed E-state index contributed by atoms with van der Waals surface area (Å²) in [6.07, 6.45) is 5.29. The maximum absolute atomic E-state index is 13.7. The van der Waals surface area contributed by atoms with Crippen LogP contribution in [0, 0.1) is 5.82 Å². The molecule has 1 unspecified atom stereocenters. The van der Waals surface area contributed by atoms with Crippen molar-refractivity contribution < 1.29 is 9.18 Å². The standard InChI is InChI=1S/C14H13BrFN3O/c15-9-1-3-12(16)11(7-9)14(20)18-10-2-4-13-17-5-6-19(13)8-10/h1,3,5-7,10H,2,4,8H2,(H,18,20). The van der Waals surface area contributed by atoms with Crippen molar-refractivity contribution in [1.82, 2.24) is 14.9 Å². The Morgan fingerprint density at radius 2 is 2.35 bits per heavy atom. The number of carbonyl (C=O) groups excluding carboxylic acids is 1. The maximum Gasteiger partial charge on any atom is 0.254 e. The van der Waals surface area contributed by atoms with Crippen LogP contribution in [-0.2, 0) is 13.0 Å². The van der Waals surface area contributed by atoms with Crippen LogP contribution in [0.4, 0.5) is 4.39 Å². The molecule has 0 aliphatic carbocycles. The van der Waals surface area contributed by atoms with Gasteiger partial charge < -0.3 is 9.88 Å². The van der Waals surface area contributed by atoms with E-state index in [0.29, 0.717) is 11.0 Å². The molecule has 2 heterocycles. The number of nitrogens with zero attached hydrogens (tertiary/aromatic N) is 2. The van der Waals surface area contributed by atoms with E-state index in [1.165, 1.54) is 12.1 Å². The van der Waals surface area contributed by atoms with E-state index in [9.17, 15) is 9.18 Å². The Hall–Kier alpha value is -1.69. The van der Waals surface area contributed by atoms with Gasteiger partial charge in [-0.1, -0.05) is 15.9 Å². The van der Waals surface area contributed by atoms with Crippen molar-refractivity contribution in [2.24, 2.45) is 0 Å². The van der Waals surface area contributed by atoms with Gasteiger partial charge in [-0.15, -0.1) is 0 Å². The Bertz CT molecular complexity index is 656. The van der Waals surface area contributed by atoms with Crippen molar-refractivity contribution in [3.63, 3.8) is 0 Å². The molecule has 0 saturated heterocycles. The van der Waals surface area contributed by atoms with Gasteiger partial charge in [0.15, 0.2) is 0 Å². The fourth-order valence-electron chi connectivity index (χ4n) is 2.42.